The van der Waals surface area contributed by atoms with E-state index < -0.39 is 0 Å². The highest BCUT2D eigenvalue weighted by Crippen LogP contribution is 2.45. The average molecular weight is 601 g/mol. The molecule has 1 heterocycles. The van der Waals surface area contributed by atoms with Crippen molar-refractivity contribution in [3.8, 4) is 39.1 Å². The van der Waals surface area contributed by atoms with Crippen LogP contribution in [0.2, 0.25) is 0 Å². The molecule has 0 aliphatic heterocycles. The molecule has 0 unspecified atom stereocenters. The van der Waals surface area contributed by atoms with Crippen molar-refractivity contribution in [3.63, 3.8) is 0 Å². The molecule has 0 fully saturated rings. The van der Waals surface area contributed by atoms with Gasteiger partial charge in [0.15, 0.2) is 0 Å². The van der Waals surface area contributed by atoms with Crippen LogP contribution in [0.3, 0.4) is 0 Å². The molecule has 47 heavy (non-hydrogen) atoms. The maximum absolute atomic E-state index is 4.96. The zero-order valence-corrected chi connectivity index (χ0v) is 26.2. The zero-order valence-electron chi connectivity index (χ0n) is 26.2. The van der Waals surface area contributed by atoms with Crippen LogP contribution in [0.5, 0.6) is 0 Å². The second-order valence-electron chi connectivity index (χ2n) is 12.2. The lowest BCUT2D eigenvalue weighted by molar-refractivity contribution is 0.909. The molecule has 2 nitrogen and oxygen atoms in total. The highest BCUT2D eigenvalue weighted by Gasteiger charge is 2.19. The summed E-state index contributed by atoms with van der Waals surface area (Å²) in [5, 5.41) is 7.60. The van der Waals surface area contributed by atoms with Gasteiger partial charge in [0, 0.05) is 12.0 Å². The van der Waals surface area contributed by atoms with E-state index in [-0.39, 0.29) is 0 Å². The van der Waals surface area contributed by atoms with Gasteiger partial charge in [-0.05, 0) is 78.3 Å². The highest BCUT2D eigenvalue weighted by molar-refractivity contribution is 6.23. The van der Waals surface area contributed by atoms with E-state index in [0.717, 1.165) is 29.0 Å². The Morgan fingerprint density at radius 3 is 1.70 bits per heavy atom. The lowest BCUT2D eigenvalue weighted by atomic mass is 9.84. The number of aromatic nitrogens is 2. The van der Waals surface area contributed by atoms with Gasteiger partial charge in [0.2, 0.25) is 0 Å². The zero-order chi connectivity index (χ0) is 31.3. The molecule has 0 N–H and O–H groups in total. The number of hydrogen-bond donors (Lipinski definition) is 0. The van der Waals surface area contributed by atoms with Crippen molar-refractivity contribution >= 4 is 43.4 Å². The van der Waals surface area contributed by atoms with E-state index in [1.165, 1.54) is 65.7 Å². The van der Waals surface area contributed by atoms with E-state index in [2.05, 4.69) is 175 Å². The highest BCUT2D eigenvalue weighted by atomic mass is 15.1. The van der Waals surface area contributed by atoms with Crippen molar-refractivity contribution < 1.29 is 0 Å². The first kappa shape index (κ1) is 27.3. The van der Waals surface area contributed by atoms with Gasteiger partial charge in [0.1, 0.15) is 5.82 Å². The van der Waals surface area contributed by atoms with Crippen molar-refractivity contribution in [2.75, 3.05) is 0 Å². The molecule has 8 aromatic carbocycles. The molecule has 0 atom stereocenters. The molecule has 9 rings (SSSR count). The minimum atomic E-state index is 0.858. The average Bonchev–Trinajstić information content (AvgIpc) is 3.52. The van der Waals surface area contributed by atoms with E-state index in [0.29, 0.717) is 0 Å². The second kappa shape index (κ2) is 11.1. The maximum Gasteiger partial charge on any atom is 0.114 e. The van der Waals surface area contributed by atoms with Gasteiger partial charge in [-0.2, -0.15) is 0 Å². The Labute approximate surface area is 274 Å². The van der Waals surface area contributed by atoms with Crippen LogP contribution in [-0.4, -0.2) is 9.55 Å². The summed E-state index contributed by atoms with van der Waals surface area (Å²) in [5.41, 5.74) is 10.7. The lowest BCUT2D eigenvalue weighted by Crippen LogP contribution is -2.02. The molecule has 2 heteroatoms. The third-order valence-electron chi connectivity index (χ3n) is 9.57. The van der Waals surface area contributed by atoms with E-state index in [1.807, 2.05) is 0 Å². The van der Waals surface area contributed by atoms with Crippen LogP contribution < -0.4 is 0 Å². The molecule has 0 saturated heterocycles. The lowest BCUT2D eigenvalue weighted by Gasteiger charge is -2.19. The summed E-state index contributed by atoms with van der Waals surface area (Å²) in [5.74, 6) is 1.07. The first-order valence-electron chi connectivity index (χ1n) is 16.4. The van der Waals surface area contributed by atoms with Crippen molar-refractivity contribution in [3.05, 3.63) is 170 Å². The molecule has 0 aliphatic carbocycles. The van der Waals surface area contributed by atoms with Gasteiger partial charge in [0.05, 0.1) is 16.7 Å². The number of nitrogens with zero attached hydrogens (tertiary/aromatic N) is 2. The third-order valence-corrected chi connectivity index (χ3v) is 9.57. The Balaban J connectivity index is 1.24. The smallest absolute Gasteiger partial charge is 0.114 e. The maximum atomic E-state index is 4.96. The van der Waals surface area contributed by atoms with Crippen molar-refractivity contribution in [1.82, 2.24) is 9.55 Å². The fourth-order valence-corrected chi connectivity index (χ4v) is 7.48. The first-order valence-corrected chi connectivity index (χ1v) is 16.4. The largest absolute Gasteiger partial charge is 0.296 e. The number of imidazole rings is 1. The molecule has 0 radical (unpaired) electrons. The summed E-state index contributed by atoms with van der Waals surface area (Å²) in [6.07, 6.45) is 0.858. The molecule has 0 aliphatic rings. The summed E-state index contributed by atoms with van der Waals surface area (Å²) < 4.78 is 2.33. The predicted molar refractivity (Wildman–Crippen MR) is 199 cm³/mol. The van der Waals surface area contributed by atoms with Gasteiger partial charge in [-0.25, -0.2) is 4.98 Å². The van der Waals surface area contributed by atoms with Crippen LogP contribution in [0.4, 0.5) is 0 Å². The van der Waals surface area contributed by atoms with Gasteiger partial charge < -0.3 is 0 Å². The van der Waals surface area contributed by atoms with Crippen LogP contribution in [-0.2, 0) is 6.42 Å². The van der Waals surface area contributed by atoms with Crippen molar-refractivity contribution in [2.45, 2.75) is 13.3 Å². The number of hydrogen-bond acceptors (Lipinski definition) is 1. The quantitative estimate of drug-likeness (QED) is 0.180. The Morgan fingerprint density at radius 2 is 0.979 bits per heavy atom. The van der Waals surface area contributed by atoms with Gasteiger partial charge in [0.25, 0.3) is 0 Å². The molecular weight excluding hydrogens is 569 g/mol. The predicted octanol–water partition coefficient (Wildman–Crippen LogP) is 12.0. The van der Waals surface area contributed by atoms with Gasteiger partial charge >= 0.3 is 0 Å². The Bertz CT molecular complexity index is 2540. The second-order valence-corrected chi connectivity index (χ2v) is 12.2. The minimum Gasteiger partial charge on any atom is -0.296 e. The Kier molecular flexibility index (Phi) is 6.46. The van der Waals surface area contributed by atoms with Gasteiger partial charge in [-0.15, -0.1) is 0 Å². The molecular formula is C45H32N2. The summed E-state index contributed by atoms with van der Waals surface area (Å²) in [7, 11) is 0. The van der Waals surface area contributed by atoms with Crippen molar-refractivity contribution in [1.29, 1.82) is 0 Å². The van der Waals surface area contributed by atoms with E-state index in [9.17, 15) is 0 Å². The van der Waals surface area contributed by atoms with Crippen LogP contribution >= 0.6 is 0 Å². The summed E-state index contributed by atoms with van der Waals surface area (Å²) >= 11 is 0. The molecule has 222 valence electrons. The monoisotopic (exact) mass is 600 g/mol. The number of fused-ring (bicyclic) bond motifs is 4. The molecule has 0 saturated carbocycles. The first-order chi connectivity index (χ1) is 23.3. The number of aryl methyl sites for hydroxylation is 1. The number of rotatable bonds is 5. The molecule has 1 aromatic heterocycles. The summed E-state index contributed by atoms with van der Waals surface area (Å²) in [4.78, 5) is 4.96. The summed E-state index contributed by atoms with van der Waals surface area (Å²) in [6, 6.07) is 59.4. The van der Waals surface area contributed by atoms with E-state index in [1.54, 1.807) is 0 Å². The minimum absolute atomic E-state index is 0.858. The fourth-order valence-electron chi connectivity index (χ4n) is 7.48. The van der Waals surface area contributed by atoms with E-state index >= 15 is 0 Å². The molecule has 9 aromatic rings. The van der Waals surface area contributed by atoms with Gasteiger partial charge in [-0.3, -0.25) is 4.57 Å². The molecule has 0 bridgehead atoms. The summed E-state index contributed by atoms with van der Waals surface area (Å²) in [6.45, 7) is 2.18. The standard InChI is InChI=1S/C45H32N2/c1-2-43-46-40-23-10-12-25-42(40)47(43)41-24-11-9-17-34(41)31-26-28-32(29-27-31)44-36-18-5-7-20-38(36)45(39-21-8-6-19-37(39)44)35-22-13-15-30-14-3-4-16-33(30)35/h3-29H,2H2,1H3. The number of benzene rings is 8. The number of para-hydroxylation sites is 3. The van der Waals surface area contributed by atoms with Crippen LogP contribution in [0, 0.1) is 0 Å². The van der Waals surface area contributed by atoms with Crippen LogP contribution in [0.1, 0.15) is 12.7 Å². The van der Waals surface area contributed by atoms with Crippen molar-refractivity contribution in [2.24, 2.45) is 0 Å². The van der Waals surface area contributed by atoms with E-state index in [4.69, 9.17) is 4.98 Å². The Hall–Kier alpha value is -5.99. The third kappa shape index (κ3) is 4.37. The topological polar surface area (TPSA) is 17.8 Å². The Morgan fingerprint density at radius 1 is 0.447 bits per heavy atom. The fraction of sp³-hybridized carbons (Fsp3) is 0.0444. The normalized spacial score (nSPS) is 11.6. The molecule has 0 amide bonds. The van der Waals surface area contributed by atoms with Crippen LogP contribution in [0.25, 0.3) is 82.4 Å². The SMILES string of the molecule is CCc1nc2ccccc2n1-c1ccccc1-c1ccc(-c2c3ccccc3c(-c3cccc4ccccc34)c3ccccc23)cc1. The van der Waals surface area contributed by atoms with Crippen LogP contribution in [0.15, 0.2) is 164 Å². The van der Waals surface area contributed by atoms with Gasteiger partial charge in [-0.1, -0.05) is 153 Å². The molecule has 0 spiro atoms.